The summed E-state index contributed by atoms with van der Waals surface area (Å²) in [6.07, 6.45) is 1.08. The van der Waals surface area contributed by atoms with Gasteiger partial charge in [0.05, 0.1) is 5.02 Å². The normalized spacial score (nSPS) is 11.9. The second-order valence-corrected chi connectivity index (χ2v) is 6.35. The van der Waals surface area contributed by atoms with E-state index in [1.54, 1.807) is 6.07 Å². The van der Waals surface area contributed by atoms with Crippen LogP contribution in [0.4, 0.5) is 20.2 Å². The van der Waals surface area contributed by atoms with Gasteiger partial charge in [-0.25, -0.2) is 0 Å². The summed E-state index contributed by atoms with van der Waals surface area (Å²) in [6, 6.07) is 12.4. The monoisotopic (exact) mass is 384 g/mol. The Hall–Kier alpha value is -1.92. The molecule has 25 heavy (non-hydrogen) atoms. The van der Waals surface area contributed by atoms with Gasteiger partial charge in [0.1, 0.15) is 5.75 Å². The topological polar surface area (TPSA) is 33.3 Å². The van der Waals surface area contributed by atoms with Crippen molar-refractivity contribution in [3.63, 3.8) is 0 Å². The number of thiocarbonyl (C=S) groups is 1. The third-order valence-electron chi connectivity index (χ3n) is 3.76. The Bertz CT molecular complexity index is 726. The van der Waals surface area contributed by atoms with Gasteiger partial charge < -0.3 is 15.4 Å². The number of nitrogens with one attached hydrogen (secondary N) is 2. The maximum Gasteiger partial charge on any atom is 0.387 e. The lowest BCUT2D eigenvalue weighted by atomic mass is 9.99. The zero-order chi connectivity index (χ0) is 18.4. The zero-order valence-corrected chi connectivity index (χ0v) is 15.4. The van der Waals surface area contributed by atoms with Crippen molar-refractivity contribution in [1.29, 1.82) is 0 Å². The lowest BCUT2D eigenvalue weighted by Gasteiger charge is -2.14. The van der Waals surface area contributed by atoms with E-state index in [9.17, 15) is 8.78 Å². The molecule has 0 radical (unpaired) electrons. The van der Waals surface area contributed by atoms with E-state index in [1.165, 1.54) is 17.7 Å². The number of anilines is 2. The van der Waals surface area contributed by atoms with Gasteiger partial charge in [-0.3, -0.25) is 0 Å². The fourth-order valence-corrected chi connectivity index (χ4v) is 2.66. The van der Waals surface area contributed by atoms with Crippen molar-refractivity contribution < 1.29 is 13.5 Å². The van der Waals surface area contributed by atoms with Crippen LogP contribution in [0.15, 0.2) is 42.5 Å². The molecule has 0 fully saturated rings. The van der Waals surface area contributed by atoms with Crippen molar-refractivity contribution in [1.82, 2.24) is 0 Å². The highest BCUT2D eigenvalue weighted by Gasteiger charge is 2.10. The van der Waals surface area contributed by atoms with Crippen LogP contribution in [0.2, 0.25) is 5.02 Å². The van der Waals surface area contributed by atoms with Crippen LogP contribution < -0.4 is 15.4 Å². The van der Waals surface area contributed by atoms with E-state index in [4.69, 9.17) is 23.8 Å². The van der Waals surface area contributed by atoms with Gasteiger partial charge in [0.15, 0.2) is 5.11 Å². The van der Waals surface area contributed by atoms with Crippen molar-refractivity contribution in [2.45, 2.75) is 32.8 Å². The van der Waals surface area contributed by atoms with Gasteiger partial charge in [-0.2, -0.15) is 8.78 Å². The molecule has 0 bridgehead atoms. The number of benzene rings is 2. The molecule has 0 saturated heterocycles. The third kappa shape index (κ3) is 5.83. The number of hydrogen-bond donors (Lipinski definition) is 2. The van der Waals surface area contributed by atoms with Crippen molar-refractivity contribution in [2.24, 2.45) is 0 Å². The maximum absolute atomic E-state index is 12.2. The summed E-state index contributed by atoms with van der Waals surface area (Å²) < 4.78 is 28.8. The minimum absolute atomic E-state index is 0.0750. The van der Waals surface area contributed by atoms with E-state index in [0.29, 0.717) is 16.7 Å². The average molecular weight is 385 g/mol. The third-order valence-corrected chi connectivity index (χ3v) is 4.26. The molecule has 3 nitrogen and oxygen atoms in total. The van der Waals surface area contributed by atoms with E-state index < -0.39 is 6.61 Å². The van der Waals surface area contributed by atoms with Crippen molar-refractivity contribution in [3.8, 4) is 5.75 Å². The first-order valence-electron chi connectivity index (χ1n) is 7.81. The first-order valence-corrected chi connectivity index (χ1v) is 8.60. The Kier molecular flexibility index (Phi) is 6.96. The Morgan fingerprint density at radius 2 is 1.72 bits per heavy atom. The minimum Gasteiger partial charge on any atom is -0.433 e. The number of ether oxygens (including phenoxy) is 1. The predicted octanol–water partition coefficient (Wildman–Crippen LogP) is 6.26. The van der Waals surface area contributed by atoms with Crippen LogP contribution in [0, 0.1) is 0 Å². The number of halogens is 3. The molecule has 2 aromatic rings. The number of alkyl halides is 2. The van der Waals surface area contributed by atoms with Gasteiger partial charge in [0.2, 0.25) is 0 Å². The van der Waals surface area contributed by atoms with E-state index >= 15 is 0 Å². The molecular formula is C18H19ClF2N2OS. The lowest BCUT2D eigenvalue weighted by Crippen LogP contribution is -2.19. The van der Waals surface area contributed by atoms with Crippen molar-refractivity contribution in [3.05, 3.63) is 53.1 Å². The molecule has 0 aromatic heterocycles. The summed E-state index contributed by atoms with van der Waals surface area (Å²) in [5.74, 6) is 0.428. The molecule has 0 spiro atoms. The summed E-state index contributed by atoms with van der Waals surface area (Å²) >= 11 is 11.2. The van der Waals surface area contributed by atoms with Crippen LogP contribution in [-0.2, 0) is 0 Å². The molecule has 2 rings (SSSR count). The van der Waals surface area contributed by atoms with Gasteiger partial charge in [-0.05, 0) is 60.5 Å². The van der Waals surface area contributed by atoms with E-state index in [-0.39, 0.29) is 10.8 Å². The van der Waals surface area contributed by atoms with Crippen molar-refractivity contribution >= 4 is 40.3 Å². The second-order valence-electron chi connectivity index (χ2n) is 5.53. The standard InChI is InChI=1S/C18H19ClF2N2OS/c1-3-11(2)12-4-6-13(7-5-12)22-18(25)23-14-8-9-16(15(19)10-14)24-17(20)21/h4-11,17H,3H2,1-2H3,(H2,22,23,25)/t11-/m0/s1. The van der Waals surface area contributed by atoms with Crippen LogP contribution >= 0.6 is 23.8 Å². The Morgan fingerprint density at radius 3 is 2.28 bits per heavy atom. The van der Waals surface area contributed by atoms with Crippen molar-refractivity contribution in [2.75, 3.05) is 10.6 Å². The Balaban J connectivity index is 1.97. The predicted molar refractivity (Wildman–Crippen MR) is 103 cm³/mol. The van der Waals surface area contributed by atoms with Gasteiger partial charge in [-0.1, -0.05) is 37.6 Å². The highest BCUT2D eigenvalue weighted by Crippen LogP contribution is 2.29. The maximum atomic E-state index is 12.2. The molecule has 2 aromatic carbocycles. The molecule has 0 aliphatic rings. The quantitative estimate of drug-likeness (QED) is 0.575. The van der Waals surface area contributed by atoms with E-state index in [2.05, 4.69) is 41.4 Å². The zero-order valence-electron chi connectivity index (χ0n) is 13.9. The molecule has 0 aliphatic heterocycles. The van der Waals surface area contributed by atoms with Crippen LogP contribution in [0.1, 0.15) is 31.7 Å². The lowest BCUT2D eigenvalue weighted by molar-refractivity contribution is -0.0497. The first kappa shape index (κ1) is 19.4. The van der Waals surface area contributed by atoms with Crippen LogP contribution in [0.3, 0.4) is 0 Å². The summed E-state index contributed by atoms with van der Waals surface area (Å²) in [5, 5.41) is 6.47. The largest absolute Gasteiger partial charge is 0.433 e. The van der Waals surface area contributed by atoms with Gasteiger partial charge in [0.25, 0.3) is 0 Å². The van der Waals surface area contributed by atoms with Crippen LogP contribution in [0.25, 0.3) is 0 Å². The van der Waals surface area contributed by atoms with E-state index in [0.717, 1.165) is 12.1 Å². The molecule has 7 heteroatoms. The van der Waals surface area contributed by atoms with Crippen LogP contribution in [-0.4, -0.2) is 11.7 Å². The van der Waals surface area contributed by atoms with Crippen LogP contribution in [0.5, 0.6) is 5.75 Å². The Morgan fingerprint density at radius 1 is 1.12 bits per heavy atom. The SMILES string of the molecule is CC[C@H](C)c1ccc(NC(=S)Nc2ccc(OC(F)F)c(Cl)c2)cc1. The number of rotatable bonds is 6. The molecule has 1 atom stereocenters. The average Bonchev–Trinajstić information content (AvgIpc) is 2.57. The summed E-state index contributed by atoms with van der Waals surface area (Å²) in [5.41, 5.74) is 2.70. The molecule has 0 aliphatic carbocycles. The summed E-state index contributed by atoms with van der Waals surface area (Å²) in [7, 11) is 0. The van der Waals surface area contributed by atoms with Gasteiger partial charge in [-0.15, -0.1) is 0 Å². The molecule has 0 heterocycles. The van der Waals surface area contributed by atoms with E-state index in [1.807, 2.05) is 12.1 Å². The summed E-state index contributed by atoms with van der Waals surface area (Å²) in [6.45, 7) is 1.41. The molecule has 0 amide bonds. The fraction of sp³-hybridized carbons (Fsp3) is 0.278. The summed E-state index contributed by atoms with van der Waals surface area (Å²) in [4.78, 5) is 0. The van der Waals surface area contributed by atoms with Gasteiger partial charge in [0, 0.05) is 11.4 Å². The molecule has 0 saturated carbocycles. The Labute approximate surface area is 156 Å². The minimum atomic E-state index is -2.92. The molecule has 2 N–H and O–H groups in total. The number of hydrogen-bond acceptors (Lipinski definition) is 2. The highest BCUT2D eigenvalue weighted by molar-refractivity contribution is 7.80. The smallest absolute Gasteiger partial charge is 0.387 e. The molecule has 134 valence electrons. The van der Waals surface area contributed by atoms with Gasteiger partial charge >= 0.3 is 6.61 Å². The molecular weight excluding hydrogens is 366 g/mol. The molecule has 0 unspecified atom stereocenters. The second kappa shape index (κ2) is 8.97. The first-order chi connectivity index (χ1) is 11.9. The highest BCUT2D eigenvalue weighted by atomic mass is 35.5. The fourth-order valence-electron chi connectivity index (χ4n) is 2.19.